The van der Waals surface area contributed by atoms with Gasteiger partial charge in [-0.05, 0) is 30.3 Å². The fourth-order valence-electron chi connectivity index (χ4n) is 2.73. The van der Waals surface area contributed by atoms with Crippen LogP contribution in [0.4, 0.5) is 15.8 Å². The molecular weight excluding hydrogens is 357 g/mol. The normalized spacial score (nSPS) is 13.2. The third-order valence-corrected chi connectivity index (χ3v) is 4.05. The second-order valence-corrected chi connectivity index (χ2v) is 5.81. The molecule has 1 aliphatic rings. The molecule has 9 nitrogen and oxygen atoms in total. The number of hydrogen-bond acceptors (Lipinski definition) is 6. The fraction of sp³-hybridized carbons (Fsp3) is 0.118. The van der Waals surface area contributed by atoms with Crippen molar-refractivity contribution < 1.29 is 18.8 Å². The van der Waals surface area contributed by atoms with Crippen LogP contribution in [-0.4, -0.2) is 32.4 Å². The molecule has 0 saturated carbocycles. The van der Waals surface area contributed by atoms with Crippen LogP contribution in [0.2, 0.25) is 0 Å². The molecule has 136 valence electrons. The van der Waals surface area contributed by atoms with Crippen molar-refractivity contribution >= 4 is 17.3 Å². The minimum Gasteiger partial charge on any atom is -0.481 e. The largest absolute Gasteiger partial charge is 0.481 e. The smallest absolute Gasteiger partial charge is 0.273 e. The highest BCUT2D eigenvalue weighted by atomic mass is 19.1. The summed E-state index contributed by atoms with van der Waals surface area (Å²) in [6.45, 7) is -0.103. The van der Waals surface area contributed by atoms with E-state index in [2.05, 4.69) is 10.3 Å². The number of ether oxygens (including phenoxy) is 1. The molecule has 1 aromatic heterocycles. The monoisotopic (exact) mass is 369 g/mol. The topological polar surface area (TPSA) is 103 Å². The van der Waals surface area contributed by atoms with Crippen molar-refractivity contribution in [3.63, 3.8) is 0 Å². The number of fused-ring (bicyclic) bond motifs is 1. The molecule has 1 aliphatic heterocycles. The van der Waals surface area contributed by atoms with Crippen molar-refractivity contribution in [2.24, 2.45) is 0 Å². The van der Waals surface area contributed by atoms with Crippen LogP contribution in [0.1, 0.15) is 5.69 Å². The van der Waals surface area contributed by atoms with Crippen LogP contribution in [-0.2, 0) is 11.3 Å². The van der Waals surface area contributed by atoms with Gasteiger partial charge in [0.1, 0.15) is 11.5 Å². The van der Waals surface area contributed by atoms with E-state index in [0.29, 0.717) is 17.1 Å². The van der Waals surface area contributed by atoms with Crippen LogP contribution in [0.5, 0.6) is 5.75 Å². The fourth-order valence-corrected chi connectivity index (χ4v) is 2.73. The molecule has 0 saturated heterocycles. The molecule has 10 heteroatoms. The van der Waals surface area contributed by atoms with E-state index in [0.717, 1.165) is 0 Å². The number of amides is 1. The molecule has 3 aromatic rings. The maximum Gasteiger partial charge on any atom is 0.273 e. The zero-order valence-electron chi connectivity index (χ0n) is 13.8. The highest BCUT2D eigenvalue weighted by Crippen LogP contribution is 2.35. The minimum absolute atomic E-state index is 0.119. The summed E-state index contributed by atoms with van der Waals surface area (Å²) >= 11 is 0. The van der Waals surface area contributed by atoms with Crippen molar-refractivity contribution in [3.8, 4) is 11.4 Å². The molecule has 0 spiro atoms. The van der Waals surface area contributed by atoms with Gasteiger partial charge in [0, 0.05) is 6.07 Å². The number of aromatic nitrogens is 3. The molecule has 2 aromatic carbocycles. The number of hydrogen-bond donors (Lipinski definition) is 0. The first kappa shape index (κ1) is 16.6. The number of halogens is 1. The highest BCUT2D eigenvalue weighted by Gasteiger charge is 2.28. The molecule has 27 heavy (non-hydrogen) atoms. The van der Waals surface area contributed by atoms with Gasteiger partial charge in [0.05, 0.1) is 35.1 Å². The van der Waals surface area contributed by atoms with Crippen LogP contribution < -0.4 is 9.64 Å². The first-order valence-corrected chi connectivity index (χ1v) is 7.90. The van der Waals surface area contributed by atoms with Gasteiger partial charge in [-0.25, -0.2) is 9.07 Å². The Labute approximate surface area is 151 Å². The third kappa shape index (κ3) is 3.19. The van der Waals surface area contributed by atoms with Crippen LogP contribution in [0, 0.1) is 15.9 Å². The van der Waals surface area contributed by atoms with Crippen molar-refractivity contribution in [1.29, 1.82) is 0 Å². The summed E-state index contributed by atoms with van der Waals surface area (Å²) in [5.74, 6) is -0.397. The van der Waals surface area contributed by atoms with E-state index < -0.39 is 4.92 Å². The Bertz CT molecular complexity index is 1030. The number of nitrogens with zero attached hydrogens (tertiary/aromatic N) is 5. The van der Waals surface area contributed by atoms with Gasteiger partial charge in [0.2, 0.25) is 0 Å². The van der Waals surface area contributed by atoms with E-state index in [1.165, 1.54) is 39.9 Å². The predicted molar refractivity (Wildman–Crippen MR) is 91.1 cm³/mol. The van der Waals surface area contributed by atoms with Crippen molar-refractivity contribution in [3.05, 3.63) is 70.3 Å². The van der Waals surface area contributed by atoms with E-state index in [1.54, 1.807) is 18.3 Å². The quantitative estimate of drug-likeness (QED) is 0.516. The molecule has 0 atom stereocenters. The SMILES string of the molecule is O=C1COc2cc([N+](=O)[O-])ccc2N1Cc1cn(-c2ccc(F)cc2)nn1. The lowest BCUT2D eigenvalue weighted by atomic mass is 10.2. The second kappa shape index (κ2) is 6.48. The predicted octanol–water partition coefficient (Wildman–Crippen LogP) is 2.24. The summed E-state index contributed by atoms with van der Waals surface area (Å²) in [4.78, 5) is 24.1. The van der Waals surface area contributed by atoms with E-state index >= 15 is 0 Å². The van der Waals surface area contributed by atoms with Crippen LogP contribution in [0.3, 0.4) is 0 Å². The minimum atomic E-state index is -0.529. The Kier molecular flexibility index (Phi) is 3.99. The van der Waals surface area contributed by atoms with E-state index in [4.69, 9.17) is 4.74 Å². The zero-order valence-corrected chi connectivity index (χ0v) is 13.8. The lowest BCUT2D eigenvalue weighted by Gasteiger charge is -2.28. The number of nitro benzene ring substituents is 1. The number of carbonyl (C=O) groups is 1. The van der Waals surface area contributed by atoms with Gasteiger partial charge in [0.25, 0.3) is 11.6 Å². The summed E-state index contributed by atoms with van der Waals surface area (Å²) in [7, 11) is 0. The molecule has 0 fully saturated rings. The van der Waals surface area contributed by atoms with Gasteiger partial charge < -0.3 is 4.74 Å². The molecule has 4 rings (SSSR count). The van der Waals surface area contributed by atoms with Gasteiger partial charge in [0.15, 0.2) is 12.4 Å². The molecule has 0 radical (unpaired) electrons. The van der Waals surface area contributed by atoms with E-state index in [9.17, 15) is 19.3 Å². The number of rotatable bonds is 4. The number of benzene rings is 2. The second-order valence-electron chi connectivity index (χ2n) is 5.81. The molecular formula is C17H12FN5O4. The van der Waals surface area contributed by atoms with E-state index in [1.807, 2.05) is 0 Å². The Morgan fingerprint density at radius 3 is 2.74 bits per heavy atom. The van der Waals surface area contributed by atoms with Gasteiger partial charge in [-0.1, -0.05) is 5.21 Å². The average molecular weight is 369 g/mol. The van der Waals surface area contributed by atoms with Gasteiger partial charge >= 0.3 is 0 Å². The summed E-state index contributed by atoms with van der Waals surface area (Å²) in [6.07, 6.45) is 1.63. The Hall–Kier alpha value is -3.82. The number of anilines is 1. The molecule has 0 N–H and O–H groups in total. The van der Waals surface area contributed by atoms with Crippen molar-refractivity contribution in [2.75, 3.05) is 11.5 Å². The standard InChI is InChI=1S/C17H12FN5O4/c18-11-1-3-13(4-2-11)22-9-12(19-20-22)8-21-15-6-5-14(23(25)26)7-16(15)27-10-17(21)24/h1-7,9H,8,10H2. The first-order chi connectivity index (χ1) is 13.0. The summed E-state index contributed by atoms with van der Waals surface area (Å²) in [5, 5.41) is 18.9. The maximum atomic E-state index is 13.0. The first-order valence-electron chi connectivity index (χ1n) is 7.90. The van der Waals surface area contributed by atoms with Crippen LogP contribution in [0.15, 0.2) is 48.7 Å². The molecule has 0 aliphatic carbocycles. The third-order valence-electron chi connectivity index (χ3n) is 4.05. The Balaban J connectivity index is 1.60. The van der Waals surface area contributed by atoms with E-state index in [-0.39, 0.29) is 36.3 Å². The summed E-state index contributed by atoms with van der Waals surface area (Å²) < 4.78 is 19.8. The molecule has 0 unspecified atom stereocenters. The van der Waals surface area contributed by atoms with Crippen LogP contribution >= 0.6 is 0 Å². The number of nitro groups is 1. The molecule has 1 amide bonds. The van der Waals surface area contributed by atoms with Crippen LogP contribution in [0.25, 0.3) is 5.69 Å². The van der Waals surface area contributed by atoms with Gasteiger partial charge in [-0.2, -0.15) is 0 Å². The van der Waals surface area contributed by atoms with Gasteiger partial charge in [-0.15, -0.1) is 5.10 Å². The summed E-state index contributed by atoms with van der Waals surface area (Å²) in [5.41, 5.74) is 1.43. The lowest BCUT2D eigenvalue weighted by molar-refractivity contribution is -0.384. The summed E-state index contributed by atoms with van der Waals surface area (Å²) in [6, 6.07) is 9.79. The molecule has 0 bridgehead atoms. The molecule has 2 heterocycles. The Morgan fingerprint density at radius 1 is 1.22 bits per heavy atom. The number of non-ortho nitro benzene ring substituents is 1. The lowest BCUT2D eigenvalue weighted by Crippen LogP contribution is -2.38. The number of carbonyl (C=O) groups excluding carboxylic acids is 1. The Morgan fingerprint density at radius 2 is 2.00 bits per heavy atom. The highest BCUT2D eigenvalue weighted by molar-refractivity contribution is 5.97. The maximum absolute atomic E-state index is 13.0. The average Bonchev–Trinajstić information content (AvgIpc) is 3.13. The van der Waals surface area contributed by atoms with Crippen molar-refractivity contribution in [1.82, 2.24) is 15.0 Å². The zero-order chi connectivity index (χ0) is 19.0. The van der Waals surface area contributed by atoms with Gasteiger partial charge in [-0.3, -0.25) is 19.8 Å². The van der Waals surface area contributed by atoms with Crippen molar-refractivity contribution in [2.45, 2.75) is 6.54 Å².